The first-order valence-corrected chi connectivity index (χ1v) is 6.88. The van der Waals surface area contributed by atoms with Gasteiger partial charge >= 0.3 is 0 Å². The zero-order valence-electron chi connectivity index (χ0n) is 10.9. The molecular formula is C15H16BrNO2. The van der Waals surface area contributed by atoms with E-state index in [9.17, 15) is 5.11 Å². The van der Waals surface area contributed by atoms with Gasteiger partial charge in [0.1, 0.15) is 12.4 Å². The van der Waals surface area contributed by atoms with Crippen LogP contribution in [0.3, 0.4) is 0 Å². The highest BCUT2D eigenvalue weighted by atomic mass is 79.9. The summed E-state index contributed by atoms with van der Waals surface area (Å²) in [6.07, 6.45) is 1.19. The molecule has 4 heteroatoms. The van der Waals surface area contributed by atoms with Crippen LogP contribution in [0.5, 0.6) is 5.75 Å². The molecule has 0 saturated carbocycles. The molecule has 19 heavy (non-hydrogen) atoms. The number of hydrogen-bond donors (Lipinski definition) is 1. The third-order valence-electron chi connectivity index (χ3n) is 2.91. The third-order valence-corrected chi connectivity index (χ3v) is 3.40. The summed E-state index contributed by atoms with van der Waals surface area (Å²) in [6.45, 7) is 4.12. The lowest BCUT2D eigenvalue weighted by molar-refractivity contribution is 0.189. The Hall–Kier alpha value is -1.39. The van der Waals surface area contributed by atoms with Crippen molar-refractivity contribution in [2.24, 2.45) is 0 Å². The molecule has 0 aliphatic rings. The Balaban J connectivity index is 2.19. The number of rotatable bonds is 4. The SMILES string of the molecule is Cc1cccnc1COc1cc(Br)ccc1[C@H](C)O. The van der Waals surface area contributed by atoms with Gasteiger partial charge in [0.2, 0.25) is 0 Å². The molecule has 2 aromatic rings. The van der Waals surface area contributed by atoms with Gasteiger partial charge in [-0.3, -0.25) is 4.98 Å². The quantitative estimate of drug-likeness (QED) is 0.931. The van der Waals surface area contributed by atoms with Crippen LogP contribution in [0.15, 0.2) is 41.0 Å². The molecule has 2 rings (SSSR count). The molecular weight excluding hydrogens is 306 g/mol. The van der Waals surface area contributed by atoms with E-state index in [1.807, 2.05) is 37.3 Å². The lowest BCUT2D eigenvalue weighted by Gasteiger charge is -2.14. The Morgan fingerprint density at radius 3 is 2.84 bits per heavy atom. The van der Waals surface area contributed by atoms with Crippen LogP contribution in [-0.4, -0.2) is 10.1 Å². The predicted octanol–water partition coefficient (Wildman–Crippen LogP) is 3.78. The van der Waals surface area contributed by atoms with E-state index in [-0.39, 0.29) is 0 Å². The topological polar surface area (TPSA) is 42.4 Å². The molecule has 0 unspecified atom stereocenters. The lowest BCUT2D eigenvalue weighted by Crippen LogP contribution is -2.03. The molecule has 1 heterocycles. The summed E-state index contributed by atoms with van der Waals surface area (Å²) < 4.78 is 6.71. The average Bonchev–Trinajstić information content (AvgIpc) is 2.37. The van der Waals surface area contributed by atoms with E-state index in [0.717, 1.165) is 21.3 Å². The normalized spacial score (nSPS) is 12.2. The lowest BCUT2D eigenvalue weighted by atomic mass is 10.1. The maximum absolute atomic E-state index is 9.74. The van der Waals surface area contributed by atoms with Gasteiger partial charge in [-0.15, -0.1) is 0 Å². The molecule has 100 valence electrons. The van der Waals surface area contributed by atoms with Crippen LogP contribution in [0.2, 0.25) is 0 Å². The first-order chi connectivity index (χ1) is 9.08. The molecule has 0 fully saturated rings. The minimum Gasteiger partial charge on any atom is -0.487 e. The second kappa shape index (κ2) is 6.17. The maximum atomic E-state index is 9.74. The fraction of sp³-hybridized carbons (Fsp3) is 0.267. The Morgan fingerprint density at radius 1 is 1.37 bits per heavy atom. The molecule has 0 aliphatic heterocycles. The number of pyridine rings is 1. The van der Waals surface area contributed by atoms with E-state index < -0.39 is 6.10 Å². The van der Waals surface area contributed by atoms with Crippen LogP contribution in [0, 0.1) is 6.92 Å². The summed E-state index contributed by atoms with van der Waals surface area (Å²) >= 11 is 3.41. The number of aliphatic hydroxyl groups is 1. The van der Waals surface area contributed by atoms with Gasteiger partial charge in [0.25, 0.3) is 0 Å². The molecule has 0 aliphatic carbocycles. The Bertz CT molecular complexity index is 570. The number of halogens is 1. The zero-order chi connectivity index (χ0) is 13.8. The Labute approximate surface area is 121 Å². The van der Waals surface area contributed by atoms with Gasteiger partial charge in [-0.2, -0.15) is 0 Å². The smallest absolute Gasteiger partial charge is 0.130 e. The van der Waals surface area contributed by atoms with Gasteiger partial charge in [0.15, 0.2) is 0 Å². The van der Waals surface area contributed by atoms with Gasteiger partial charge in [-0.25, -0.2) is 0 Å². The van der Waals surface area contributed by atoms with Crippen LogP contribution in [0.4, 0.5) is 0 Å². The maximum Gasteiger partial charge on any atom is 0.130 e. The molecule has 0 bridgehead atoms. The Morgan fingerprint density at radius 2 is 2.16 bits per heavy atom. The highest BCUT2D eigenvalue weighted by Crippen LogP contribution is 2.29. The van der Waals surface area contributed by atoms with Crippen molar-refractivity contribution in [3.63, 3.8) is 0 Å². The predicted molar refractivity (Wildman–Crippen MR) is 78.1 cm³/mol. The van der Waals surface area contributed by atoms with Gasteiger partial charge in [-0.1, -0.05) is 28.1 Å². The van der Waals surface area contributed by atoms with Crippen LogP contribution >= 0.6 is 15.9 Å². The summed E-state index contributed by atoms with van der Waals surface area (Å²) in [7, 11) is 0. The fourth-order valence-electron chi connectivity index (χ4n) is 1.79. The van der Waals surface area contributed by atoms with Crippen molar-refractivity contribution in [3.05, 3.63) is 57.8 Å². The summed E-state index contributed by atoms with van der Waals surface area (Å²) in [6, 6.07) is 9.51. The van der Waals surface area contributed by atoms with E-state index >= 15 is 0 Å². The highest BCUT2D eigenvalue weighted by molar-refractivity contribution is 9.10. The molecule has 0 amide bonds. The second-order valence-corrected chi connectivity index (χ2v) is 5.33. The van der Waals surface area contributed by atoms with Crippen molar-refractivity contribution >= 4 is 15.9 Å². The van der Waals surface area contributed by atoms with E-state index in [4.69, 9.17) is 4.74 Å². The number of ether oxygens (including phenoxy) is 1. The number of benzene rings is 1. The summed E-state index contributed by atoms with van der Waals surface area (Å²) in [4.78, 5) is 4.29. The first kappa shape index (κ1) is 14.0. The molecule has 1 N–H and O–H groups in total. The molecule has 3 nitrogen and oxygen atoms in total. The number of aromatic nitrogens is 1. The largest absolute Gasteiger partial charge is 0.487 e. The van der Waals surface area contributed by atoms with E-state index in [1.165, 1.54) is 0 Å². The average molecular weight is 322 g/mol. The molecule has 1 atom stereocenters. The number of hydrogen-bond acceptors (Lipinski definition) is 3. The van der Waals surface area contributed by atoms with E-state index in [2.05, 4.69) is 20.9 Å². The number of aryl methyl sites for hydroxylation is 1. The minimum atomic E-state index is -0.562. The zero-order valence-corrected chi connectivity index (χ0v) is 12.5. The van der Waals surface area contributed by atoms with Crippen LogP contribution in [-0.2, 0) is 6.61 Å². The molecule has 1 aromatic carbocycles. The van der Waals surface area contributed by atoms with Crippen molar-refractivity contribution < 1.29 is 9.84 Å². The summed E-state index contributed by atoms with van der Waals surface area (Å²) in [5, 5.41) is 9.74. The number of aliphatic hydroxyl groups excluding tert-OH is 1. The third kappa shape index (κ3) is 3.55. The monoisotopic (exact) mass is 321 g/mol. The van der Waals surface area contributed by atoms with Crippen LogP contribution in [0.1, 0.15) is 29.8 Å². The summed E-state index contributed by atoms with van der Waals surface area (Å²) in [5.74, 6) is 0.675. The molecule has 1 aromatic heterocycles. The standard InChI is InChI=1S/C15H16BrNO2/c1-10-4-3-7-17-14(10)9-19-15-8-12(16)5-6-13(15)11(2)18/h3-8,11,18H,9H2,1-2H3/t11-/m0/s1. The van der Waals surface area contributed by atoms with Crippen LogP contribution < -0.4 is 4.74 Å². The molecule has 0 saturated heterocycles. The van der Waals surface area contributed by atoms with Crippen molar-refractivity contribution in [3.8, 4) is 5.75 Å². The van der Waals surface area contributed by atoms with Gasteiger partial charge in [0, 0.05) is 16.2 Å². The van der Waals surface area contributed by atoms with Gasteiger partial charge < -0.3 is 9.84 Å². The van der Waals surface area contributed by atoms with Gasteiger partial charge in [-0.05, 0) is 37.6 Å². The van der Waals surface area contributed by atoms with Gasteiger partial charge in [0.05, 0.1) is 11.8 Å². The molecule has 0 radical (unpaired) electrons. The number of nitrogens with zero attached hydrogens (tertiary/aromatic N) is 1. The van der Waals surface area contributed by atoms with Crippen LogP contribution in [0.25, 0.3) is 0 Å². The molecule has 0 spiro atoms. The minimum absolute atomic E-state index is 0.392. The van der Waals surface area contributed by atoms with Crippen molar-refractivity contribution in [1.82, 2.24) is 4.98 Å². The summed E-state index contributed by atoms with van der Waals surface area (Å²) in [5.41, 5.74) is 2.77. The second-order valence-electron chi connectivity index (χ2n) is 4.41. The van der Waals surface area contributed by atoms with E-state index in [1.54, 1.807) is 13.1 Å². The Kier molecular flexibility index (Phi) is 4.56. The van der Waals surface area contributed by atoms with Crippen molar-refractivity contribution in [1.29, 1.82) is 0 Å². The van der Waals surface area contributed by atoms with E-state index in [0.29, 0.717) is 12.4 Å². The first-order valence-electron chi connectivity index (χ1n) is 6.08. The van der Waals surface area contributed by atoms with Crippen molar-refractivity contribution in [2.75, 3.05) is 0 Å². The van der Waals surface area contributed by atoms with Crippen molar-refractivity contribution in [2.45, 2.75) is 26.6 Å². The highest BCUT2D eigenvalue weighted by Gasteiger charge is 2.10. The fourth-order valence-corrected chi connectivity index (χ4v) is 2.13.